The Labute approximate surface area is 279 Å². The predicted molar refractivity (Wildman–Crippen MR) is 178 cm³/mol. The van der Waals surface area contributed by atoms with Gasteiger partial charge in [-0.05, 0) is 63.9 Å². The minimum atomic E-state index is -0.748. The molecule has 3 aliphatic heterocycles. The lowest BCUT2D eigenvalue weighted by atomic mass is 9.83. The van der Waals surface area contributed by atoms with Crippen molar-refractivity contribution in [2.75, 3.05) is 57.6 Å². The van der Waals surface area contributed by atoms with E-state index >= 15 is 4.39 Å². The van der Waals surface area contributed by atoms with Gasteiger partial charge in [-0.3, -0.25) is 9.69 Å². The number of aromatic nitrogens is 2. The molecule has 0 saturated carbocycles. The first kappa shape index (κ1) is 31.8. The molecule has 2 unspecified atom stereocenters. The largest absolute Gasteiger partial charge is 0.459 e. The summed E-state index contributed by atoms with van der Waals surface area (Å²) in [6.45, 7) is 4.64. The number of fused-ring (bicyclic) bond motifs is 2. The van der Waals surface area contributed by atoms with Gasteiger partial charge in [0.15, 0.2) is 5.82 Å². The van der Waals surface area contributed by atoms with E-state index in [1.54, 1.807) is 6.07 Å². The summed E-state index contributed by atoms with van der Waals surface area (Å²) in [6.07, 6.45) is 3.28. The molecule has 0 aliphatic carbocycles. The summed E-state index contributed by atoms with van der Waals surface area (Å²) >= 11 is 7.79. The van der Waals surface area contributed by atoms with Crippen molar-refractivity contribution in [3.63, 3.8) is 0 Å². The highest BCUT2D eigenvalue weighted by Gasteiger charge is 2.52. The van der Waals surface area contributed by atoms with Crippen LogP contribution in [-0.2, 0) is 9.53 Å². The zero-order chi connectivity index (χ0) is 33.2. The Kier molecular flexibility index (Phi) is 8.11. The minimum Gasteiger partial charge on any atom is -0.459 e. The number of hydrogen-bond acceptors (Lipinski definition) is 10. The number of nitrogens with two attached hydrogens (primary N) is 1. The number of hydrogen-bond donors (Lipinski definition) is 1. The van der Waals surface area contributed by atoms with Crippen molar-refractivity contribution in [2.45, 2.75) is 50.3 Å². The fourth-order valence-corrected chi connectivity index (χ4v) is 8.82. The summed E-state index contributed by atoms with van der Waals surface area (Å²) in [4.78, 5) is 28.4. The average Bonchev–Trinajstić information content (AvgIpc) is 3.76. The summed E-state index contributed by atoms with van der Waals surface area (Å²) in [5.41, 5.74) is 5.96. The molecule has 3 aliphatic rings. The van der Waals surface area contributed by atoms with Gasteiger partial charge >= 0.3 is 6.01 Å². The van der Waals surface area contributed by atoms with Crippen molar-refractivity contribution >= 4 is 60.7 Å². The molecule has 10 nitrogen and oxygen atoms in total. The number of amides is 1. The van der Waals surface area contributed by atoms with Crippen LogP contribution in [0.4, 0.5) is 19.6 Å². The Morgan fingerprint density at radius 2 is 2.06 bits per heavy atom. The van der Waals surface area contributed by atoms with Crippen LogP contribution in [0, 0.1) is 23.0 Å². The smallest absolute Gasteiger partial charge is 0.319 e. The normalized spacial score (nSPS) is 21.9. The van der Waals surface area contributed by atoms with Crippen molar-refractivity contribution in [1.29, 1.82) is 5.26 Å². The molecule has 246 valence electrons. The van der Waals surface area contributed by atoms with E-state index in [-0.39, 0.29) is 78.5 Å². The van der Waals surface area contributed by atoms with Gasteiger partial charge in [0.25, 0.3) is 0 Å². The number of anilines is 2. The maximum atomic E-state index is 17.0. The van der Waals surface area contributed by atoms with Crippen LogP contribution in [0.1, 0.15) is 38.2 Å². The van der Waals surface area contributed by atoms with E-state index in [4.69, 9.17) is 31.8 Å². The lowest BCUT2D eigenvalue weighted by molar-refractivity contribution is -0.149. The van der Waals surface area contributed by atoms with Crippen LogP contribution < -0.4 is 15.4 Å². The molecule has 5 heterocycles. The molecule has 47 heavy (non-hydrogen) atoms. The Balaban J connectivity index is 1.37. The number of likely N-dealkylation sites (tertiary alicyclic amines) is 2. The molecular formula is C33H34ClF2N7O3S. The second-order valence-corrected chi connectivity index (χ2v) is 14.1. The first-order chi connectivity index (χ1) is 22.6. The van der Waals surface area contributed by atoms with E-state index in [2.05, 4.69) is 9.88 Å². The lowest BCUT2D eigenvalue weighted by Crippen LogP contribution is -2.64. The standard InChI is InChI=1S/C33H34ClF2N7O3S/c1-17(23-5-4-10-41(23)2)46-32-39-28-19(31(40-32)42-11-8-33(16-42)9-12-43(33)24(44)15-45-3)13-21(34)26(27(28)36)18-6-7-22(35)29-25(18)20(14-37)30(38)47-29/h6-7,13,17,23H,4-5,8-12,15-16,38H2,1-3H3/t17-,23?,33?/m0/s1. The van der Waals surface area contributed by atoms with Crippen molar-refractivity contribution in [1.82, 2.24) is 19.8 Å². The third kappa shape index (κ3) is 5.13. The number of halogens is 3. The van der Waals surface area contributed by atoms with Gasteiger partial charge in [0.1, 0.15) is 40.9 Å². The molecule has 0 radical (unpaired) electrons. The third-order valence-electron chi connectivity index (χ3n) is 10.0. The summed E-state index contributed by atoms with van der Waals surface area (Å²) < 4.78 is 43.5. The molecule has 1 spiro atoms. The maximum Gasteiger partial charge on any atom is 0.319 e. The molecule has 2 aromatic heterocycles. The minimum absolute atomic E-state index is 0.00716. The van der Waals surface area contributed by atoms with E-state index in [1.807, 2.05) is 29.8 Å². The van der Waals surface area contributed by atoms with Crippen LogP contribution in [0.3, 0.4) is 0 Å². The summed E-state index contributed by atoms with van der Waals surface area (Å²) in [7, 11) is 3.55. The molecule has 1 amide bonds. The highest BCUT2D eigenvalue weighted by atomic mass is 35.5. The molecular weight excluding hydrogens is 648 g/mol. The van der Waals surface area contributed by atoms with Gasteiger partial charge in [-0.1, -0.05) is 17.7 Å². The van der Waals surface area contributed by atoms with Crippen molar-refractivity contribution in [2.24, 2.45) is 0 Å². The van der Waals surface area contributed by atoms with Gasteiger partial charge in [-0.15, -0.1) is 11.3 Å². The van der Waals surface area contributed by atoms with E-state index < -0.39 is 11.6 Å². The predicted octanol–water partition coefficient (Wildman–Crippen LogP) is 5.59. The second-order valence-electron chi connectivity index (χ2n) is 12.7. The van der Waals surface area contributed by atoms with Crippen LogP contribution >= 0.6 is 22.9 Å². The van der Waals surface area contributed by atoms with E-state index in [0.29, 0.717) is 37.3 Å². The molecule has 2 aromatic carbocycles. The molecule has 3 saturated heterocycles. The Bertz CT molecular complexity index is 1970. The first-order valence-electron chi connectivity index (χ1n) is 15.6. The fraction of sp³-hybridized carbons (Fsp3) is 0.455. The van der Waals surface area contributed by atoms with Crippen LogP contribution in [0.2, 0.25) is 5.02 Å². The Morgan fingerprint density at radius 3 is 2.74 bits per heavy atom. The van der Waals surface area contributed by atoms with Gasteiger partial charge in [0.2, 0.25) is 5.91 Å². The molecule has 7 rings (SSSR count). The number of nitrogens with zero attached hydrogens (tertiary/aromatic N) is 6. The number of nitriles is 1. The fourth-order valence-electron chi connectivity index (χ4n) is 7.58. The number of likely N-dealkylation sites (N-methyl/N-ethyl adjacent to an activating group) is 1. The SMILES string of the molecule is COCC(=O)N1CCC12CCN(c1nc(O[C@@H](C)C3CCCN3C)nc3c(F)c(-c4ccc(F)c5sc(N)c(C#N)c45)c(Cl)cc13)C2. The second kappa shape index (κ2) is 12.0. The van der Waals surface area contributed by atoms with Crippen LogP contribution in [0.5, 0.6) is 6.01 Å². The number of carbonyl (C=O) groups excluding carboxylic acids is 1. The van der Waals surface area contributed by atoms with Gasteiger partial charge < -0.3 is 25.0 Å². The third-order valence-corrected chi connectivity index (χ3v) is 11.4. The molecule has 4 aromatic rings. The lowest BCUT2D eigenvalue weighted by Gasteiger charge is -2.50. The van der Waals surface area contributed by atoms with Crippen molar-refractivity contribution in [3.05, 3.63) is 40.4 Å². The highest BCUT2D eigenvalue weighted by molar-refractivity contribution is 7.23. The number of carbonyl (C=O) groups is 1. The maximum absolute atomic E-state index is 17.0. The van der Waals surface area contributed by atoms with Crippen LogP contribution in [0.25, 0.3) is 32.1 Å². The first-order valence-corrected chi connectivity index (χ1v) is 16.8. The van der Waals surface area contributed by atoms with Crippen molar-refractivity contribution in [3.8, 4) is 23.2 Å². The Hall–Kier alpha value is -3.83. The number of methoxy groups -OCH3 is 1. The molecule has 3 fully saturated rings. The van der Waals surface area contributed by atoms with E-state index in [9.17, 15) is 14.4 Å². The van der Waals surface area contributed by atoms with Gasteiger partial charge in [0, 0.05) is 49.1 Å². The summed E-state index contributed by atoms with van der Waals surface area (Å²) in [5.74, 6) is -0.930. The van der Waals surface area contributed by atoms with Crippen molar-refractivity contribution < 1.29 is 23.0 Å². The molecule has 0 bridgehead atoms. The summed E-state index contributed by atoms with van der Waals surface area (Å²) in [5, 5.41) is 10.6. The van der Waals surface area contributed by atoms with E-state index in [0.717, 1.165) is 37.1 Å². The van der Waals surface area contributed by atoms with Gasteiger partial charge in [-0.2, -0.15) is 15.2 Å². The highest BCUT2D eigenvalue weighted by Crippen LogP contribution is 2.47. The average molecular weight is 682 g/mol. The number of rotatable bonds is 7. The summed E-state index contributed by atoms with van der Waals surface area (Å²) in [6, 6.07) is 6.44. The zero-order valence-corrected chi connectivity index (χ0v) is 27.9. The molecule has 2 N–H and O–H groups in total. The number of benzene rings is 2. The van der Waals surface area contributed by atoms with Gasteiger partial charge in [-0.25, -0.2) is 8.78 Å². The number of ether oxygens (including phenoxy) is 2. The zero-order valence-electron chi connectivity index (χ0n) is 26.3. The number of nitrogen functional groups attached to an aromatic ring is 1. The number of thiophene rings is 1. The van der Waals surface area contributed by atoms with Crippen LogP contribution in [-0.4, -0.2) is 90.3 Å². The molecule has 3 atom stereocenters. The molecule has 14 heteroatoms. The van der Waals surface area contributed by atoms with E-state index in [1.165, 1.54) is 19.2 Å². The van der Waals surface area contributed by atoms with Crippen LogP contribution in [0.15, 0.2) is 18.2 Å². The monoisotopic (exact) mass is 681 g/mol. The quantitative estimate of drug-likeness (QED) is 0.266. The Morgan fingerprint density at radius 1 is 1.28 bits per heavy atom. The van der Waals surface area contributed by atoms with Gasteiger partial charge in [0.05, 0.1) is 20.8 Å². The topological polar surface area (TPSA) is 121 Å².